The summed E-state index contributed by atoms with van der Waals surface area (Å²) < 4.78 is 6.05. The quantitative estimate of drug-likeness (QED) is 0.750. The van der Waals surface area contributed by atoms with Crippen molar-refractivity contribution >= 4 is 0 Å². The van der Waals surface area contributed by atoms with Crippen LogP contribution in [0.1, 0.15) is 29.9 Å². The third kappa shape index (κ3) is 4.31. The fraction of sp³-hybridized carbons (Fsp3) is 0.400. The number of aromatic nitrogens is 5. The van der Waals surface area contributed by atoms with Crippen LogP contribution in [0.2, 0.25) is 0 Å². The Hall–Kier alpha value is -2.80. The number of nitrogens with zero attached hydrogens (tertiary/aromatic N) is 5. The second-order valence-corrected chi connectivity index (χ2v) is 7.05. The number of H-pyrrole nitrogens is 1. The Morgan fingerprint density at radius 1 is 1.19 bits per heavy atom. The van der Waals surface area contributed by atoms with Gasteiger partial charge in [-0.15, -0.1) is 0 Å². The van der Waals surface area contributed by atoms with E-state index >= 15 is 0 Å². The van der Waals surface area contributed by atoms with Crippen LogP contribution in [0.3, 0.4) is 0 Å². The summed E-state index contributed by atoms with van der Waals surface area (Å²) >= 11 is 0. The minimum absolute atomic E-state index is 0.269. The van der Waals surface area contributed by atoms with Crippen molar-refractivity contribution in [1.82, 2.24) is 30.0 Å². The lowest BCUT2D eigenvalue weighted by Gasteiger charge is -2.29. The van der Waals surface area contributed by atoms with Gasteiger partial charge in [0.1, 0.15) is 23.4 Å². The van der Waals surface area contributed by atoms with Crippen molar-refractivity contribution in [1.29, 1.82) is 0 Å². The van der Waals surface area contributed by atoms with E-state index in [9.17, 15) is 0 Å². The van der Waals surface area contributed by atoms with Crippen molar-refractivity contribution in [3.05, 3.63) is 53.7 Å². The first-order valence-electron chi connectivity index (χ1n) is 9.31. The van der Waals surface area contributed by atoms with Gasteiger partial charge in [0.2, 0.25) is 0 Å². The van der Waals surface area contributed by atoms with Crippen LogP contribution >= 0.6 is 0 Å². The van der Waals surface area contributed by atoms with Crippen molar-refractivity contribution in [2.24, 2.45) is 0 Å². The molecular formula is C20H24N6O. The van der Waals surface area contributed by atoms with E-state index in [2.05, 4.69) is 37.1 Å². The zero-order valence-electron chi connectivity index (χ0n) is 15.7. The first kappa shape index (κ1) is 17.6. The molecule has 0 aliphatic carbocycles. The van der Waals surface area contributed by atoms with Gasteiger partial charge in [0, 0.05) is 25.7 Å². The fourth-order valence-electron chi connectivity index (χ4n) is 3.23. The molecule has 7 heteroatoms. The highest BCUT2D eigenvalue weighted by Crippen LogP contribution is 2.20. The Morgan fingerprint density at radius 3 is 2.78 bits per heavy atom. The van der Waals surface area contributed by atoms with Crippen LogP contribution in [-0.2, 0) is 6.42 Å². The molecular weight excluding hydrogens is 340 g/mol. The molecule has 1 N–H and O–H groups in total. The summed E-state index contributed by atoms with van der Waals surface area (Å²) in [6.45, 7) is 4.20. The maximum atomic E-state index is 6.05. The van der Waals surface area contributed by atoms with Gasteiger partial charge in [-0.2, -0.15) is 5.10 Å². The first-order chi connectivity index (χ1) is 13.2. The molecule has 3 aromatic rings. The number of nitrogens with one attached hydrogen (secondary N) is 1. The molecule has 0 atom stereocenters. The Morgan fingerprint density at radius 2 is 2.04 bits per heavy atom. The molecule has 140 valence electrons. The number of aryl methyl sites for hydroxylation is 1. The van der Waals surface area contributed by atoms with Crippen molar-refractivity contribution in [2.45, 2.75) is 32.3 Å². The number of hydrogen-bond acceptors (Lipinski definition) is 6. The van der Waals surface area contributed by atoms with Gasteiger partial charge in [-0.25, -0.2) is 9.97 Å². The van der Waals surface area contributed by atoms with Crippen LogP contribution in [0.25, 0.3) is 11.5 Å². The molecule has 4 heterocycles. The number of piperidine rings is 1. The molecule has 0 spiro atoms. The summed E-state index contributed by atoms with van der Waals surface area (Å²) in [6.07, 6.45) is 6.55. The third-order valence-corrected chi connectivity index (χ3v) is 4.92. The van der Waals surface area contributed by atoms with Gasteiger partial charge in [0.15, 0.2) is 5.82 Å². The minimum atomic E-state index is 0.269. The van der Waals surface area contributed by atoms with Crippen molar-refractivity contribution in [3.8, 4) is 17.3 Å². The molecule has 0 amide bonds. The van der Waals surface area contributed by atoms with E-state index in [1.807, 2.05) is 31.2 Å². The van der Waals surface area contributed by atoms with Gasteiger partial charge in [-0.1, -0.05) is 6.07 Å². The zero-order chi connectivity index (χ0) is 18.6. The van der Waals surface area contributed by atoms with Crippen molar-refractivity contribution < 1.29 is 4.74 Å². The first-order valence-corrected chi connectivity index (χ1v) is 9.31. The van der Waals surface area contributed by atoms with Crippen LogP contribution in [0.15, 0.2) is 36.7 Å². The van der Waals surface area contributed by atoms with Crippen LogP contribution in [0.4, 0.5) is 0 Å². The molecule has 0 bridgehead atoms. The lowest BCUT2D eigenvalue weighted by Crippen LogP contribution is -2.35. The molecule has 4 rings (SSSR count). The van der Waals surface area contributed by atoms with Gasteiger partial charge < -0.3 is 9.64 Å². The highest BCUT2D eigenvalue weighted by Gasteiger charge is 2.18. The number of rotatable bonds is 5. The smallest absolute Gasteiger partial charge is 0.199 e. The molecule has 3 aromatic heterocycles. The van der Waals surface area contributed by atoms with Crippen LogP contribution in [0, 0.1) is 6.92 Å². The molecule has 1 saturated heterocycles. The standard InChI is InChI=1S/C20H24N6O/c1-14-4-3-9-21-18(14)12-19-23-20(25-24-19)17-6-5-16(13-22-17)27-15-7-10-26(2)11-8-15/h3-6,9,13,15H,7-8,10-12H2,1-2H3,(H,23,24,25). The van der Waals surface area contributed by atoms with Crippen LogP contribution in [0.5, 0.6) is 5.75 Å². The SMILES string of the molecule is Cc1cccnc1Cc1nc(-c2ccc(OC3CCN(C)CC3)cn2)n[nH]1. The topological polar surface area (TPSA) is 79.8 Å². The number of likely N-dealkylation sites (tertiary alicyclic amines) is 1. The summed E-state index contributed by atoms with van der Waals surface area (Å²) in [5, 5.41) is 7.28. The molecule has 27 heavy (non-hydrogen) atoms. The molecule has 0 aromatic carbocycles. The summed E-state index contributed by atoms with van der Waals surface area (Å²) in [6, 6.07) is 7.83. The number of pyridine rings is 2. The predicted molar refractivity (Wildman–Crippen MR) is 103 cm³/mol. The van der Waals surface area contributed by atoms with Gasteiger partial charge in [-0.05, 0) is 50.6 Å². The van der Waals surface area contributed by atoms with Gasteiger partial charge in [0.05, 0.1) is 11.9 Å². The second kappa shape index (κ2) is 7.84. The fourth-order valence-corrected chi connectivity index (χ4v) is 3.23. The van der Waals surface area contributed by atoms with E-state index in [-0.39, 0.29) is 6.10 Å². The van der Waals surface area contributed by atoms with E-state index < -0.39 is 0 Å². The van der Waals surface area contributed by atoms with Crippen molar-refractivity contribution in [3.63, 3.8) is 0 Å². The lowest BCUT2D eigenvalue weighted by atomic mass is 10.1. The van der Waals surface area contributed by atoms with E-state index in [4.69, 9.17) is 4.74 Å². The minimum Gasteiger partial charge on any atom is -0.489 e. The maximum absolute atomic E-state index is 6.05. The maximum Gasteiger partial charge on any atom is 0.199 e. The average molecular weight is 364 g/mol. The van der Waals surface area contributed by atoms with Gasteiger partial charge in [0.25, 0.3) is 0 Å². The highest BCUT2D eigenvalue weighted by molar-refractivity contribution is 5.49. The van der Waals surface area contributed by atoms with E-state index in [0.29, 0.717) is 12.2 Å². The number of ether oxygens (including phenoxy) is 1. The molecule has 0 saturated carbocycles. The average Bonchev–Trinajstić information content (AvgIpc) is 3.15. The second-order valence-electron chi connectivity index (χ2n) is 7.05. The van der Waals surface area contributed by atoms with Gasteiger partial charge in [-0.3, -0.25) is 10.1 Å². The third-order valence-electron chi connectivity index (χ3n) is 4.92. The van der Waals surface area contributed by atoms with E-state index in [1.54, 1.807) is 12.4 Å². The zero-order valence-corrected chi connectivity index (χ0v) is 15.7. The molecule has 1 aliphatic heterocycles. The van der Waals surface area contributed by atoms with E-state index in [0.717, 1.165) is 54.5 Å². The summed E-state index contributed by atoms with van der Waals surface area (Å²) in [4.78, 5) is 15.8. The highest BCUT2D eigenvalue weighted by atomic mass is 16.5. The Kier molecular flexibility index (Phi) is 5.11. The number of hydrogen-bond donors (Lipinski definition) is 1. The Bertz CT molecular complexity index is 883. The Balaban J connectivity index is 1.40. The summed E-state index contributed by atoms with van der Waals surface area (Å²) in [5.41, 5.74) is 2.87. The normalized spacial score (nSPS) is 15.8. The van der Waals surface area contributed by atoms with E-state index in [1.165, 1.54) is 0 Å². The summed E-state index contributed by atoms with van der Waals surface area (Å²) in [7, 11) is 2.15. The van der Waals surface area contributed by atoms with Crippen LogP contribution < -0.4 is 4.74 Å². The molecule has 1 aliphatic rings. The lowest BCUT2D eigenvalue weighted by molar-refractivity contribution is 0.114. The molecule has 7 nitrogen and oxygen atoms in total. The van der Waals surface area contributed by atoms with Crippen LogP contribution in [-0.4, -0.2) is 56.3 Å². The molecule has 0 unspecified atom stereocenters. The van der Waals surface area contributed by atoms with Crippen molar-refractivity contribution in [2.75, 3.05) is 20.1 Å². The number of aromatic amines is 1. The predicted octanol–water partition coefficient (Wildman–Crippen LogP) is 2.63. The summed E-state index contributed by atoms with van der Waals surface area (Å²) in [5.74, 6) is 2.16. The molecule has 0 radical (unpaired) electrons. The van der Waals surface area contributed by atoms with Gasteiger partial charge >= 0.3 is 0 Å². The largest absolute Gasteiger partial charge is 0.489 e. The molecule has 1 fully saturated rings. The monoisotopic (exact) mass is 364 g/mol. The Labute approximate surface area is 158 Å².